The molecule has 1 heterocycles. The van der Waals surface area contributed by atoms with Crippen LogP contribution in [0.15, 0.2) is 36.5 Å². The molecule has 0 saturated carbocycles. The second kappa shape index (κ2) is 3.62. The van der Waals surface area contributed by atoms with Gasteiger partial charge in [0.25, 0.3) is 0 Å². The number of ether oxygens (including phenoxy) is 1. The maximum absolute atomic E-state index is 9.91. The molecule has 0 bridgehead atoms. The lowest BCUT2D eigenvalue weighted by Crippen LogP contribution is -2.47. The molecule has 1 N–H and O–H groups in total. The van der Waals surface area contributed by atoms with Crippen molar-refractivity contribution in [3.8, 4) is 0 Å². The molecule has 0 spiro atoms. The number of aliphatic hydroxyl groups is 1. The summed E-state index contributed by atoms with van der Waals surface area (Å²) < 4.78 is 5.68. The Balaban J connectivity index is 1.90. The molecule has 15 heavy (non-hydrogen) atoms. The van der Waals surface area contributed by atoms with Crippen molar-refractivity contribution in [3.05, 3.63) is 36.5 Å². The number of rotatable bonds is 0. The van der Waals surface area contributed by atoms with Crippen LogP contribution in [0.25, 0.3) is 0 Å². The van der Waals surface area contributed by atoms with Crippen molar-refractivity contribution in [1.29, 1.82) is 0 Å². The predicted octanol–water partition coefficient (Wildman–Crippen LogP) is 2.03. The van der Waals surface area contributed by atoms with Crippen LogP contribution in [-0.2, 0) is 4.74 Å². The highest BCUT2D eigenvalue weighted by Gasteiger charge is 2.43. The fraction of sp³-hybridized carbons (Fsp3) is 0.538. The number of hydrogen-bond donors (Lipinski definition) is 1. The molecule has 3 unspecified atom stereocenters. The summed E-state index contributed by atoms with van der Waals surface area (Å²) in [6.07, 6.45) is 14.4. The largest absolute Gasteiger partial charge is 0.367 e. The molecule has 1 aliphatic heterocycles. The summed E-state index contributed by atoms with van der Waals surface area (Å²) in [5.74, 6) is 1.15. The van der Waals surface area contributed by atoms with Gasteiger partial charge in [-0.05, 0) is 24.7 Å². The summed E-state index contributed by atoms with van der Waals surface area (Å²) in [4.78, 5) is 0. The summed E-state index contributed by atoms with van der Waals surface area (Å²) in [6, 6.07) is 0. The number of fused-ring (bicyclic) bond motifs is 3. The topological polar surface area (TPSA) is 29.5 Å². The normalized spacial score (nSPS) is 47.4. The van der Waals surface area contributed by atoms with E-state index in [1.165, 1.54) is 0 Å². The molecular weight excluding hydrogens is 188 g/mol. The molecule has 0 aromatic heterocycles. The van der Waals surface area contributed by atoms with Gasteiger partial charge in [-0.25, -0.2) is 0 Å². The number of hydrogen-bond acceptors (Lipinski definition) is 2. The molecule has 2 aliphatic carbocycles. The van der Waals surface area contributed by atoms with E-state index in [9.17, 15) is 5.11 Å². The second-order valence-corrected chi connectivity index (χ2v) is 4.60. The molecule has 0 aromatic rings. The van der Waals surface area contributed by atoms with E-state index >= 15 is 0 Å². The van der Waals surface area contributed by atoms with Crippen molar-refractivity contribution >= 4 is 0 Å². The van der Waals surface area contributed by atoms with E-state index in [4.69, 9.17) is 4.74 Å². The highest BCUT2D eigenvalue weighted by molar-refractivity contribution is 5.19. The summed E-state index contributed by atoms with van der Waals surface area (Å²) in [7, 11) is 0. The van der Waals surface area contributed by atoms with Crippen LogP contribution < -0.4 is 0 Å². The zero-order valence-electron chi connectivity index (χ0n) is 8.62. The van der Waals surface area contributed by atoms with Gasteiger partial charge in [0.2, 0.25) is 0 Å². The Kier molecular flexibility index (Phi) is 2.26. The Bertz CT molecular complexity index is 329. The SMILES string of the molecule is OC1O[C@H]2CC=CC[C@@H]2C2C=CC=CC12. The average Bonchev–Trinajstić information content (AvgIpc) is 2.30. The Morgan fingerprint density at radius 3 is 2.60 bits per heavy atom. The summed E-state index contributed by atoms with van der Waals surface area (Å²) in [5, 5.41) is 9.91. The quantitative estimate of drug-likeness (QED) is 0.612. The minimum absolute atomic E-state index is 0.155. The summed E-state index contributed by atoms with van der Waals surface area (Å²) in [5.41, 5.74) is 0. The molecule has 0 amide bonds. The van der Waals surface area contributed by atoms with Crippen molar-refractivity contribution in [2.45, 2.75) is 25.2 Å². The van der Waals surface area contributed by atoms with E-state index in [1.807, 2.05) is 6.08 Å². The lowest BCUT2D eigenvalue weighted by molar-refractivity contribution is -0.216. The summed E-state index contributed by atoms with van der Waals surface area (Å²) in [6.45, 7) is 0. The van der Waals surface area contributed by atoms with Gasteiger partial charge in [0.05, 0.1) is 6.10 Å². The molecule has 0 radical (unpaired) electrons. The molecular formula is C13H16O2. The standard InChI is InChI=1S/C13H16O2/c14-13-11-7-2-1-5-9(11)10-6-3-4-8-12(10)15-13/h1-5,7,9-14H,6,8H2/t9?,10-,11?,12+,13?/m1/s1. The van der Waals surface area contributed by atoms with Crippen LogP contribution in [0.5, 0.6) is 0 Å². The Morgan fingerprint density at radius 1 is 1.00 bits per heavy atom. The molecule has 80 valence electrons. The third-order valence-corrected chi connectivity index (χ3v) is 3.78. The third kappa shape index (κ3) is 1.48. The maximum Gasteiger partial charge on any atom is 0.161 e. The fourth-order valence-corrected chi connectivity index (χ4v) is 3.00. The Hall–Kier alpha value is -0.860. The average molecular weight is 204 g/mol. The molecule has 2 nitrogen and oxygen atoms in total. The van der Waals surface area contributed by atoms with Gasteiger partial charge in [0.15, 0.2) is 6.29 Å². The monoisotopic (exact) mass is 204 g/mol. The minimum Gasteiger partial charge on any atom is -0.367 e. The van der Waals surface area contributed by atoms with Crippen LogP contribution in [0, 0.1) is 17.8 Å². The van der Waals surface area contributed by atoms with E-state index < -0.39 is 6.29 Å². The third-order valence-electron chi connectivity index (χ3n) is 3.78. The zero-order chi connectivity index (χ0) is 10.3. The van der Waals surface area contributed by atoms with Gasteiger partial charge in [-0.2, -0.15) is 0 Å². The molecule has 1 saturated heterocycles. The first kappa shape index (κ1) is 9.37. The molecule has 5 atom stereocenters. The maximum atomic E-state index is 9.91. The van der Waals surface area contributed by atoms with Crippen LogP contribution >= 0.6 is 0 Å². The highest BCUT2D eigenvalue weighted by atomic mass is 16.6. The van der Waals surface area contributed by atoms with E-state index in [0.29, 0.717) is 11.8 Å². The van der Waals surface area contributed by atoms with Crippen molar-refractivity contribution in [3.63, 3.8) is 0 Å². The Labute approximate surface area is 89.9 Å². The van der Waals surface area contributed by atoms with E-state index in [0.717, 1.165) is 12.8 Å². The van der Waals surface area contributed by atoms with Crippen LogP contribution in [-0.4, -0.2) is 17.5 Å². The highest BCUT2D eigenvalue weighted by Crippen LogP contribution is 2.42. The second-order valence-electron chi connectivity index (χ2n) is 4.60. The van der Waals surface area contributed by atoms with E-state index in [2.05, 4.69) is 30.4 Å². The lowest BCUT2D eigenvalue weighted by Gasteiger charge is -2.45. The van der Waals surface area contributed by atoms with Crippen molar-refractivity contribution < 1.29 is 9.84 Å². The lowest BCUT2D eigenvalue weighted by atomic mass is 9.70. The van der Waals surface area contributed by atoms with Crippen LogP contribution in [0.3, 0.4) is 0 Å². The first-order valence-electron chi connectivity index (χ1n) is 5.70. The smallest absolute Gasteiger partial charge is 0.161 e. The predicted molar refractivity (Wildman–Crippen MR) is 58.0 cm³/mol. The summed E-state index contributed by atoms with van der Waals surface area (Å²) >= 11 is 0. The molecule has 2 heteroatoms. The zero-order valence-corrected chi connectivity index (χ0v) is 8.62. The van der Waals surface area contributed by atoms with E-state index in [-0.39, 0.29) is 12.0 Å². The number of allylic oxidation sites excluding steroid dienone is 4. The van der Waals surface area contributed by atoms with Crippen LogP contribution in [0.2, 0.25) is 0 Å². The van der Waals surface area contributed by atoms with Gasteiger partial charge in [0, 0.05) is 5.92 Å². The van der Waals surface area contributed by atoms with Gasteiger partial charge in [-0.3, -0.25) is 0 Å². The molecule has 3 rings (SSSR count). The van der Waals surface area contributed by atoms with E-state index in [1.54, 1.807) is 0 Å². The fourth-order valence-electron chi connectivity index (χ4n) is 3.00. The Morgan fingerprint density at radius 2 is 1.73 bits per heavy atom. The first-order valence-corrected chi connectivity index (χ1v) is 5.70. The van der Waals surface area contributed by atoms with Crippen molar-refractivity contribution in [2.24, 2.45) is 17.8 Å². The van der Waals surface area contributed by atoms with Gasteiger partial charge in [-0.1, -0.05) is 36.5 Å². The number of aliphatic hydroxyl groups excluding tert-OH is 1. The van der Waals surface area contributed by atoms with Crippen molar-refractivity contribution in [2.75, 3.05) is 0 Å². The first-order chi connectivity index (χ1) is 7.36. The molecule has 1 fully saturated rings. The van der Waals surface area contributed by atoms with Gasteiger partial charge in [-0.15, -0.1) is 0 Å². The van der Waals surface area contributed by atoms with Crippen LogP contribution in [0.4, 0.5) is 0 Å². The van der Waals surface area contributed by atoms with Crippen LogP contribution in [0.1, 0.15) is 12.8 Å². The van der Waals surface area contributed by atoms with Crippen molar-refractivity contribution in [1.82, 2.24) is 0 Å². The minimum atomic E-state index is -0.621. The van der Waals surface area contributed by atoms with Gasteiger partial charge >= 0.3 is 0 Å². The molecule has 0 aromatic carbocycles. The van der Waals surface area contributed by atoms with Gasteiger partial charge < -0.3 is 9.84 Å². The molecule has 3 aliphatic rings. The van der Waals surface area contributed by atoms with Gasteiger partial charge in [0.1, 0.15) is 0 Å².